The van der Waals surface area contributed by atoms with Gasteiger partial charge in [-0.2, -0.15) is 0 Å². The highest BCUT2D eigenvalue weighted by Gasteiger charge is 2.33. The van der Waals surface area contributed by atoms with Crippen LogP contribution >= 0.6 is 22.7 Å². The predicted molar refractivity (Wildman–Crippen MR) is 90.6 cm³/mol. The van der Waals surface area contributed by atoms with Crippen LogP contribution in [0.5, 0.6) is 0 Å². The van der Waals surface area contributed by atoms with Gasteiger partial charge >= 0.3 is 6.03 Å². The Morgan fingerprint density at radius 2 is 2.35 bits per heavy atom. The van der Waals surface area contributed by atoms with E-state index < -0.39 is 6.10 Å². The molecule has 3 rings (SSSR count). The summed E-state index contributed by atoms with van der Waals surface area (Å²) in [5.74, 6) is 0. The molecule has 3 N–H and O–H groups in total. The highest BCUT2D eigenvalue weighted by atomic mass is 32.1. The Balaban J connectivity index is 1.58. The summed E-state index contributed by atoms with van der Waals surface area (Å²) in [5.41, 5.74) is 0.970. The molecule has 2 aromatic heterocycles. The number of β-amino-alcohol motifs (C(OH)–C–C–N with tert-alkyl or cyclic N) is 1. The molecule has 0 aliphatic carbocycles. The maximum atomic E-state index is 12.2. The lowest BCUT2D eigenvalue weighted by atomic mass is 10.2. The van der Waals surface area contributed by atoms with Crippen LogP contribution in [0.4, 0.5) is 4.79 Å². The molecule has 124 valence electrons. The van der Waals surface area contributed by atoms with Crippen molar-refractivity contribution in [3.05, 3.63) is 27.4 Å². The average molecular weight is 353 g/mol. The van der Waals surface area contributed by atoms with Crippen LogP contribution in [0.25, 0.3) is 10.6 Å². The van der Waals surface area contributed by atoms with Gasteiger partial charge in [0.15, 0.2) is 0 Å². The average Bonchev–Trinajstić information content (AvgIpc) is 3.23. The van der Waals surface area contributed by atoms with E-state index in [9.17, 15) is 15.0 Å². The number of aliphatic hydroxyl groups is 2. The second kappa shape index (κ2) is 6.96. The highest BCUT2D eigenvalue weighted by Crippen LogP contribution is 2.29. The first-order valence-corrected chi connectivity index (χ1v) is 9.11. The molecule has 1 aliphatic heterocycles. The summed E-state index contributed by atoms with van der Waals surface area (Å²) >= 11 is 3.22. The van der Waals surface area contributed by atoms with Gasteiger partial charge in [-0.3, -0.25) is 0 Å². The molecule has 0 radical (unpaired) electrons. The number of rotatable bonds is 4. The number of likely N-dealkylation sites (tertiary alicyclic amines) is 1. The fourth-order valence-electron chi connectivity index (χ4n) is 2.67. The van der Waals surface area contributed by atoms with E-state index in [1.807, 2.05) is 24.4 Å². The molecule has 1 aliphatic rings. The Labute approximate surface area is 142 Å². The van der Waals surface area contributed by atoms with Crippen LogP contribution in [0.3, 0.4) is 0 Å². The normalized spacial score (nSPS) is 20.9. The summed E-state index contributed by atoms with van der Waals surface area (Å²) in [6.45, 7) is 2.55. The van der Waals surface area contributed by atoms with Crippen molar-refractivity contribution in [2.24, 2.45) is 0 Å². The molecular formula is C15H19N3O3S2. The molecular weight excluding hydrogens is 334 g/mol. The maximum Gasteiger partial charge on any atom is 0.318 e. The number of hydrogen-bond donors (Lipinski definition) is 3. The standard InChI is InChI=1S/C15H19N3O3S2/c1-9-17-13(8-22-9)14-3-2-12(23-14)5-16-15(21)18-6-11(20)4-10(18)7-19/h2-3,8,10-11,19-20H,4-7H2,1H3,(H,16,21)/t10-,11+/m0/s1. The molecule has 2 amide bonds. The zero-order valence-corrected chi connectivity index (χ0v) is 14.4. The lowest BCUT2D eigenvalue weighted by molar-refractivity contribution is 0.154. The maximum absolute atomic E-state index is 12.2. The predicted octanol–water partition coefficient (Wildman–Crippen LogP) is 1.82. The SMILES string of the molecule is Cc1nc(-c2ccc(CNC(=O)N3C[C@H](O)C[C@H]3CO)s2)cs1. The molecule has 0 aromatic carbocycles. The van der Waals surface area contributed by atoms with E-state index in [2.05, 4.69) is 10.3 Å². The van der Waals surface area contributed by atoms with E-state index in [0.717, 1.165) is 20.5 Å². The zero-order valence-electron chi connectivity index (χ0n) is 12.7. The molecule has 0 unspecified atom stereocenters. The number of thiophene rings is 1. The van der Waals surface area contributed by atoms with Crippen molar-refractivity contribution in [3.8, 4) is 10.6 Å². The van der Waals surface area contributed by atoms with Gasteiger partial charge < -0.3 is 20.4 Å². The van der Waals surface area contributed by atoms with Gasteiger partial charge in [0.1, 0.15) is 0 Å². The minimum Gasteiger partial charge on any atom is -0.394 e. The first-order valence-electron chi connectivity index (χ1n) is 7.41. The molecule has 6 nitrogen and oxygen atoms in total. The van der Waals surface area contributed by atoms with Crippen LogP contribution in [-0.4, -0.2) is 51.4 Å². The Kier molecular flexibility index (Phi) is 4.96. The van der Waals surface area contributed by atoms with Gasteiger partial charge in [-0.1, -0.05) is 0 Å². The van der Waals surface area contributed by atoms with E-state index >= 15 is 0 Å². The van der Waals surface area contributed by atoms with Gasteiger partial charge in [0.25, 0.3) is 0 Å². The minimum absolute atomic E-state index is 0.128. The topological polar surface area (TPSA) is 85.7 Å². The number of nitrogens with one attached hydrogen (secondary N) is 1. The smallest absolute Gasteiger partial charge is 0.318 e. The van der Waals surface area contributed by atoms with Crippen LogP contribution in [0.1, 0.15) is 16.3 Å². The number of amides is 2. The minimum atomic E-state index is -0.556. The lowest BCUT2D eigenvalue weighted by Gasteiger charge is -2.22. The largest absolute Gasteiger partial charge is 0.394 e. The molecule has 0 bridgehead atoms. The molecule has 23 heavy (non-hydrogen) atoms. The molecule has 1 saturated heterocycles. The number of carbonyl (C=O) groups is 1. The van der Waals surface area contributed by atoms with Crippen molar-refractivity contribution < 1.29 is 15.0 Å². The molecule has 3 heterocycles. The summed E-state index contributed by atoms with van der Waals surface area (Å²) in [6, 6.07) is 3.44. The first kappa shape index (κ1) is 16.4. The van der Waals surface area contributed by atoms with E-state index in [4.69, 9.17) is 0 Å². The third-order valence-electron chi connectivity index (χ3n) is 3.81. The van der Waals surface area contributed by atoms with Gasteiger partial charge in [-0.05, 0) is 25.5 Å². The van der Waals surface area contributed by atoms with Crippen LogP contribution < -0.4 is 5.32 Å². The number of carbonyl (C=O) groups excluding carboxylic acids is 1. The van der Waals surface area contributed by atoms with E-state index in [0.29, 0.717) is 13.0 Å². The van der Waals surface area contributed by atoms with Crippen molar-refractivity contribution in [2.75, 3.05) is 13.2 Å². The Bertz CT molecular complexity index is 685. The van der Waals surface area contributed by atoms with Crippen LogP contribution in [0.2, 0.25) is 0 Å². The molecule has 2 atom stereocenters. The number of thiazole rings is 1. The number of nitrogens with zero attached hydrogens (tertiary/aromatic N) is 2. The molecule has 0 saturated carbocycles. The second-order valence-electron chi connectivity index (χ2n) is 5.55. The van der Waals surface area contributed by atoms with Gasteiger partial charge in [-0.25, -0.2) is 9.78 Å². The molecule has 8 heteroatoms. The summed E-state index contributed by atoms with van der Waals surface area (Å²) in [7, 11) is 0. The van der Waals surface area contributed by atoms with Gasteiger partial charge in [0.05, 0.1) is 40.9 Å². The summed E-state index contributed by atoms with van der Waals surface area (Å²) in [5, 5.41) is 24.8. The number of urea groups is 1. The summed E-state index contributed by atoms with van der Waals surface area (Å²) < 4.78 is 0. The third-order valence-corrected chi connectivity index (χ3v) is 5.69. The van der Waals surface area contributed by atoms with Gasteiger partial charge in [0.2, 0.25) is 0 Å². The fourth-order valence-corrected chi connectivity index (χ4v) is 4.26. The van der Waals surface area contributed by atoms with E-state index in [1.54, 1.807) is 22.7 Å². The molecule has 2 aromatic rings. The Hall–Kier alpha value is -1.48. The summed E-state index contributed by atoms with van der Waals surface area (Å²) in [4.78, 5) is 20.3. The molecule has 0 spiro atoms. The number of aryl methyl sites for hydroxylation is 1. The van der Waals surface area contributed by atoms with E-state index in [-0.39, 0.29) is 25.2 Å². The van der Waals surface area contributed by atoms with Crippen molar-refractivity contribution in [2.45, 2.75) is 32.0 Å². The zero-order chi connectivity index (χ0) is 16.4. The van der Waals surface area contributed by atoms with Crippen LogP contribution in [0, 0.1) is 6.92 Å². The lowest BCUT2D eigenvalue weighted by Crippen LogP contribution is -2.44. The van der Waals surface area contributed by atoms with Crippen molar-refractivity contribution >= 4 is 28.7 Å². The van der Waals surface area contributed by atoms with Gasteiger partial charge in [0, 0.05) is 16.8 Å². The van der Waals surface area contributed by atoms with Crippen molar-refractivity contribution in [3.63, 3.8) is 0 Å². The van der Waals surface area contributed by atoms with Crippen molar-refractivity contribution in [1.82, 2.24) is 15.2 Å². The van der Waals surface area contributed by atoms with Crippen LogP contribution in [0.15, 0.2) is 17.5 Å². The second-order valence-corrected chi connectivity index (χ2v) is 7.79. The van der Waals surface area contributed by atoms with Crippen molar-refractivity contribution in [1.29, 1.82) is 0 Å². The van der Waals surface area contributed by atoms with Gasteiger partial charge in [-0.15, -0.1) is 22.7 Å². The third kappa shape index (κ3) is 3.72. The Morgan fingerprint density at radius 1 is 1.52 bits per heavy atom. The first-order chi connectivity index (χ1) is 11.1. The summed E-state index contributed by atoms with van der Waals surface area (Å²) in [6.07, 6.45) is -0.130. The number of hydrogen-bond acceptors (Lipinski definition) is 6. The Morgan fingerprint density at radius 3 is 3.04 bits per heavy atom. The van der Waals surface area contributed by atoms with E-state index in [1.165, 1.54) is 4.90 Å². The fraction of sp³-hybridized carbons (Fsp3) is 0.467. The quantitative estimate of drug-likeness (QED) is 0.783. The number of aliphatic hydroxyl groups excluding tert-OH is 2. The monoisotopic (exact) mass is 353 g/mol. The van der Waals surface area contributed by atoms with Crippen LogP contribution in [-0.2, 0) is 6.54 Å². The molecule has 1 fully saturated rings. The number of aromatic nitrogens is 1. The highest BCUT2D eigenvalue weighted by molar-refractivity contribution is 7.16.